The summed E-state index contributed by atoms with van der Waals surface area (Å²) in [5.41, 5.74) is 1.98. The number of nitrogens with one attached hydrogen (secondary N) is 6. The molecule has 8 N–H and O–H groups in total. The minimum Gasteiger partial charge on any atom is -0.505 e. The standard InChI is InChI=1S/C25H34FN5O6.C25H28FN5O5S/c1-14-19(21(33)31-17(22(34)36-6)13-28-24(35)37-25(3,4)5)15(2)30-23(29-14)27-12-8-10-16-9-7-11-18(32)20(16)26;1-14-20(23(34)31-17(24(35)36-3)13-28-22(33)19-10-6-12-37-19)15(2)30-25(29-14)27-11-5-8-16-7-4-9-18(32)21(16)26/h7,9,11,17,32H,8,10,12-13H2,1-6H3,(H,28,35)(H,31,33)(H,27,29,30);4,6-7,9-10,12,17,32H,5,8,11,13H2,1-3H3,(H,28,33)(H,31,34)(H,27,29,30)/t2*17-/m00/s1. The van der Waals surface area contributed by atoms with Gasteiger partial charge >= 0.3 is 18.0 Å². The maximum absolute atomic E-state index is 13.9. The highest BCUT2D eigenvalue weighted by atomic mass is 32.1. The van der Waals surface area contributed by atoms with E-state index < -0.39 is 59.2 Å². The molecule has 0 radical (unpaired) electrons. The van der Waals surface area contributed by atoms with E-state index in [1.54, 1.807) is 90.2 Å². The lowest BCUT2D eigenvalue weighted by Gasteiger charge is -2.22. The minimum absolute atomic E-state index is 0.159. The number of anilines is 2. The summed E-state index contributed by atoms with van der Waals surface area (Å²) >= 11 is 1.25. The molecule has 3 aromatic heterocycles. The number of amides is 4. The van der Waals surface area contributed by atoms with Crippen LogP contribution in [0.2, 0.25) is 0 Å². The molecule has 5 rings (SSSR count). The SMILES string of the molecule is COC(=O)[C@H](CNC(=O)OC(C)(C)C)NC(=O)c1c(C)nc(NCCCc2cccc(O)c2F)nc1C.COC(=O)[C@H](CNC(=O)c1cccs1)NC(=O)c1c(C)nc(NCCCc2cccc(O)c2F)nc1C. The molecule has 24 heteroatoms. The predicted molar refractivity (Wildman–Crippen MR) is 270 cm³/mol. The average Bonchev–Trinajstić information content (AvgIpc) is 3.89. The van der Waals surface area contributed by atoms with Gasteiger partial charge in [-0.2, -0.15) is 0 Å². The number of phenolic OH excluding ortho intramolecular Hbond substituents is 2. The number of aromatic nitrogens is 4. The van der Waals surface area contributed by atoms with Gasteiger partial charge in [0, 0.05) is 19.6 Å². The van der Waals surface area contributed by atoms with E-state index in [9.17, 15) is 47.8 Å². The molecule has 74 heavy (non-hydrogen) atoms. The molecule has 4 amide bonds. The van der Waals surface area contributed by atoms with Crippen molar-refractivity contribution >= 4 is 59.0 Å². The molecular weight excluding hydrogens is 987 g/mol. The van der Waals surface area contributed by atoms with E-state index in [1.807, 2.05) is 0 Å². The van der Waals surface area contributed by atoms with Gasteiger partial charge in [-0.15, -0.1) is 11.3 Å². The second kappa shape index (κ2) is 27.7. The fourth-order valence-electron chi connectivity index (χ4n) is 7.05. The molecular formula is C50H62F2N10O11S. The van der Waals surface area contributed by atoms with Crippen molar-refractivity contribution in [2.45, 2.75) is 91.8 Å². The number of nitrogens with zero attached hydrogens (tertiary/aromatic N) is 4. The van der Waals surface area contributed by atoms with Gasteiger partial charge in [0.25, 0.3) is 17.7 Å². The first-order valence-corrected chi connectivity index (χ1v) is 24.1. The van der Waals surface area contributed by atoms with Gasteiger partial charge in [0.1, 0.15) is 17.7 Å². The zero-order chi connectivity index (χ0) is 54.7. The first kappa shape index (κ1) is 58.5. The summed E-state index contributed by atoms with van der Waals surface area (Å²) in [6, 6.07) is 10.1. The number of halogens is 2. The number of rotatable bonds is 21. The number of ether oxygens (including phenoxy) is 3. The van der Waals surface area contributed by atoms with Crippen molar-refractivity contribution in [2.24, 2.45) is 0 Å². The molecule has 0 unspecified atom stereocenters. The molecule has 3 heterocycles. The van der Waals surface area contributed by atoms with E-state index in [2.05, 4.69) is 51.8 Å². The third kappa shape index (κ3) is 17.6. The van der Waals surface area contributed by atoms with Gasteiger partial charge in [-0.3, -0.25) is 14.4 Å². The smallest absolute Gasteiger partial charge is 0.407 e. The number of hydrogen-bond donors (Lipinski definition) is 8. The van der Waals surface area contributed by atoms with Crippen molar-refractivity contribution in [1.82, 2.24) is 41.2 Å². The predicted octanol–water partition coefficient (Wildman–Crippen LogP) is 5.52. The molecule has 0 aliphatic carbocycles. The molecule has 0 fully saturated rings. The van der Waals surface area contributed by atoms with Gasteiger partial charge < -0.3 is 56.3 Å². The Balaban J connectivity index is 0.000000320. The summed E-state index contributed by atoms with van der Waals surface area (Å²) < 4.78 is 42.5. The van der Waals surface area contributed by atoms with Gasteiger partial charge in [-0.1, -0.05) is 30.3 Å². The van der Waals surface area contributed by atoms with Crippen LogP contribution in [0.3, 0.4) is 0 Å². The molecule has 0 aliphatic heterocycles. The Labute approximate surface area is 430 Å². The quantitative estimate of drug-likeness (QED) is 0.0255. The first-order valence-electron chi connectivity index (χ1n) is 23.2. The van der Waals surface area contributed by atoms with Gasteiger partial charge in [0.15, 0.2) is 23.1 Å². The average molecular weight is 1050 g/mol. The number of thiophene rings is 1. The number of hydrogen-bond acceptors (Lipinski definition) is 18. The second-order valence-electron chi connectivity index (χ2n) is 17.4. The van der Waals surface area contributed by atoms with Crippen molar-refractivity contribution in [3.63, 3.8) is 0 Å². The summed E-state index contributed by atoms with van der Waals surface area (Å²) in [4.78, 5) is 92.3. The van der Waals surface area contributed by atoms with Crippen LogP contribution < -0.4 is 31.9 Å². The normalized spacial score (nSPS) is 11.7. The van der Waals surface area contributed by atoms with Gasteiger partial charge in [0.2, 0.25) is 11.9 Å². The molecule has 398 valence electrons. The maximum atomic E-state index is 13.9. The molecule has 2 atom stereocenters. The molecule has 5 aromatic rings. The largest absolute Gasteiger partial charge is 0.505 e. The van der Waals surface area contributed by atoms with Crippen LogP contribution in [0.5, 0.6) is 11.5 Å². The topological polar surface area (TPSA) is 294 Å². The summed E-state index contributed by atoms with van der Waals surface area (Å²) in [6.45, 7) is 12.1. The van der Waals surface area contributed by atoms with Crippen LogP contribution in [-0.2, 0) is 36.6 Å². The van der Waals surface area contributed by atoms with E-state index in [4.69, 9.17) is 14.2 Å². The van der Waals surface area contributed by atoms with Gasteiger partial charge in [0.05, 0.1) is 59.5 Å². The van der Waals surface area contributed by atoms with Crippen molar-refractivity contribution in [3.8, 4) is 11.5 Å². The van der Waals surface area contributed by atoms with E-state index >= 15 is 0 Å². The molecule has 0 aliphatic rings. The number of benzene rings is 2. The third-order valence-electron chi connectivity index (χ3n) is 10.6. The van der Waals surface area contributed by atoms with Crippen molar-refractivity contribution < 1.29 is 62.0 Å². The number of esters is 2. The monoisotopic (exact) mass is 1050 g/mol. The van der Waals surface area contributed by atoms with Crippen LogP contribution in [0, 0.1) is 39.3 Å². The second-order valence-corrected chi connectivity index (χ2v) is 18.4. The third-order valence-corrected chi connectivity index (χ3v) is 11.4. The van der Waals surface area contributed by atoms with Crippen molar-refractivity contribution in [3.05, 3.63) is 115 Å². The summed E-state index contributed by atoms with van der Waals surface area (Å²) in [7, 11) is 2.36. The highest BCUT2D eigenvalue weighted by Gasteiger charge is 2.28. The van der Waals surface area contributed by atoms with Crippen LogP contribution in [0.4, 0.5) is 25.5 Å². The van der Waals surface area contributed by atoms with Crippen LogP contribution >= 0.6 is 11.3 Å². The highest BCUT2D eigenvalue weighted by molar-refractivity contribution is 7.12. The number of phenols is 2. The fraction of sp³-hybridized carbons (Fsp3) is 0.400. The zero-order valence-electron chi connectivity index (χ0n) is 42.5. The Bertz CT molecular complexity index is 2730. The number of carbonyl (C=O) groups excluding carboxylic acids is 6. The van der Waals surface area contributed by atoms with Crippen LogP contribution in [0.25, 0.3) is 0 Å². The van der Waals surface area contributed by atoms with Crippen molar-refractivity contribution in [2.75, 3.05) is 51.0 Å². The zero-order valence-corrected chi connectivity index (χ0v) is 43.3. The molecule has 0 saturated heterocycles. The van der Waals surface area contributed by atoms with Crippen LogP contribution in [-0.4, -0.2) is 124 Å². The lowest BCUT2D eigenvalue weighted by molar-refractivity contribution is -0.143. The number of aromatic hydroxyl groups is 2. The summed E-state index contributed by atoms with van der Waals surface area (Å²) in [6.07, 6.45) is 1.17. The van der Waals surface area contributed by atoms with Crippen molar-refractivity contribution in [1.29, 1.82) is 0 Å². The Kier molecular flexibility index (Phi) is 21.9. The number of methoxy groups -OCH3 is 2. The number of carbonyl (C=O) groups is 6. The Hall–Kier alpha value is -8.02. The fourth-order valence-corrected chi connectivity index (χ4v) is 7.69. The van der Waals surface area contributed by atoms with Gasteiger partial charge in [-0.25, -0.2) is 43.1 Å². The minimum atomic E-state index is -1.17. The summed E-state index contributed by atoms with van der Waals surface area (Å²) in [5.74, 6) is -4.45. The molecule has 21 nitrogen and oxygen atoms in total. The number of alkyl carbamates (subject to hydrolysis) is 1. The Morgan fingerprint density at radius 3 is 1.42 bits per heavy atom. The van der Waals surface area contributed by atoms with E-state index in [-0.39, 0.29) is 41.6 Å². The Morgan fingerprint density at radius 2 is 1.04 bits per heavy atom. The van der Waals surface area contributed by atoms with E-state index in [0.29, 0.717) is 89.4 Å². The number of aryl methyl sites for hydroxylation is 6. The van der Waals surface area contributed by atoms with Crippen LogP contribution in [0.1, 0.15) is 97.9 Å². The maximum Gasteiger partial charge on any atom is 0.407 e. The molecule has 2 aromatic carbocycles. The lowest BCUT2D eigenvalue weighted by Crippen LogP contribution is -2.50. The molecule has 0 saturated carbocycles. The lowest BCUT2D eigenvalue weighted by atomic mass is 10.1. The highest BCUT2D eigenvalue weighted by Crippen LogP contribution is 2.22. The van der Waals surface area contributed by atoms with Gasteiger partial charge in [-0.05, 0) is 109 Å². The van der Waals surface area contributed by atoms with Crippen LogP contribution in [0.15, 0.2) is 53.9 Å². The molecule has 0 bridgehead atoms. The molecule has 0 spiro atoms. The van der Waals surface area contributed by atoms with E-state index in [0.717, 1.165) is 0 Å². The first-order chi connectivity index (χ1) is 35.0. The van der Waals surface area contributed by atoms with E-state index in [1.165, 1.54) is 37.7 Å². The summed E-state index contributed by atoms with van der Waals surface area (Å²) in [5, 5.41) is 37.0. The Morgan fingerprint density at radius 1 is 0.622 bits per heavy atom.